The summed E-state index contributed by atoms with van der Waals surface area (Å²) in [7, 11) is 0. The van der Waals surface area contributed by atoms with Crippen LogP contribution < -0.4 is 5.32 Å². The molecule has 1 amide bonds. The van der Waals surface area contributed by atoms with Gasteiger partial charge < -0.3 is 10.2 Å². The minimum Gasteiger partial charge on any atom is -0.349 e. The topological polar surface area (TPSA) is 63.1 Å². The average Bonchev–Trinajstić information content (AvgIpc) is 3.26. The van der Waals surface area contributed by atoms with Crippen LogP contribution in [0.4, 0.5) is 8.78 Å². The lowest BCUT2D eigenvalue weighted by Crippen LogP contribution is -2.44. The molecule has 2 aliphatic rings. The summed E-state index contributed by atoms with van der Waals surface area (Å²) in [5, 5.41) is 7.92. The van der Waals surface area contributed by atoms with E-state index in [1.54, 1.807) is 0 Å². The summed E-state index contributed by atoms with van der Waals surface area (Å²) in [6.07, 6.45) is 2.93. The average molecular weight is 502 g/mol. The Labute approximate surface area is 213 Å². The van der Waals surface area contributed by atoms with Crippen molar-refractivity contribution in [1.82, 2.24) is 25.0 Å². The predicted molar refractivity (Wildman–Crippen MR) is 137 cm³/mol. The lowest BCUT2D eigenvalue weighted by atomic mass is 9.85. The lowest BCUT2D eigenvalue weighted by molar-refractivity contribution is -0.130. The SMILES string of the molecule is Cc1nc(C(C)C)n(C2CCN(C(C)C[C@H](NC(=O)C3CCC(F)(F)CC3)c3ccccc3)CC2)n1. The third kappa shape index (κ3) is 6.50. The first kappa shape index (κ1) is 26.7. The van der Waals surface area contributed by atoms with Gasteiger partial charge in [0.15, 0.2) is 0 Å². The molecular formula is C28H41F2N5O. The Morgan fingerprint density at radius 2 is 1.72 bits per heavy atom. The maximum atomic E-state index is 13.6. The van der Waals surface area contributed by atoms with Crippen LogP contribution in [0.25, 0.3) is 0 Å². The zero-order valence-corrected chi connectivity index (χ0v) is 22.1. The predicted octanol–water partition coefficient (Wildman–Crippen LogP) is 5.81. The Balaban J connectivity index is 1.37. The minimum absolute atomic E-state index is 0.0898. The zero-order chi connectivity index (χ0) is 25.9. The fourth-order valence-electron chi connectivity index (χ4n) is 5.73. The van der Waals surface area contributed by atoms with E-state index in [4.69, 9.17) is 5.10 Å². The van der Waals surface area contributed by atoms with E-state index in [2.05, 4.69) is 40.7 Å². The number of nitrogens with one attached hydrogen (secondary N) is 1. The Bertz CT molecular complexity index is 991. The molecule has 1 saturated carbocycles. The molecule has 6 nitrogen and oxygen atoms in total. The summed E-state index contributed by atoms with van der Waals surface area (Å²) >= 11 is 0. The number of likely N-dealkylation sites (tertiary alicyclic amines) is 1. The van der Waals surface area contributed by atoms with Crippen molar-refractivity contribution in [3.8, 4) is 0 Å². The molecule has 1 aromatic heterocycles. The number of alkyl halides is 2. The summed E-state index contributed by atoms with van der Waals surface area (Å²) in [6, 6.07) is 10.5. The number of carbonyl (C=O) groups is 1. The zero-order valence-electron chi connectivity index (χ0n) is 22.1. The number of amides is 1. The fraction of sp³-hybridized carbons (Fsp3) is 0.679. The van der Waals surface area contributed by atoms with Crippen LogP contribution in [0.15, 0.2) is 30.3 Å². The van der Waals surface area contributed by atoms with E-state index in [0.29, 0.717) is 12.0 Å². The van der Waals surface area contributed by atoms with Gasteiger partial charge in [0.1, 0.15) is 11.6 Å². The summed E-state index contributed by atoms with van der Waals surface area (Å²) in [4.78, 5) is 20.2. The second-order valence-electron chi connectivity index (χ2n) is 11.1. The minimum atomic E-state index is -2.63. The van der Waals surface area contributed by atoms with Gasteiger partial charge in [-0.05, 0) is 51.5 Å². The molecule has 2 heterocycles. The number of benzene rings is 1. The summed E-state index contributed by atoms with van der Waals surface area (Å²) in [5.41, 5.74) is 1.06. The van der Waals surface area contributed by atoms with E-state index in [9.17, 15) is 13.6 Å². The standard InChI is InChI=1S/C28H41F2N5O/c1-19(2)26-31-21(4)33-35(26)24-12-16-34(17-13-24)20(3)18-25(22-8-6-5-7-9-22)32-27(36)23-10-14-28(29,30)15-11-23/h5-9,19-20,23-25H,10-18H2,1-4H3,(H,32,36)/t20?,25-/m0/s1. The van der Waals surface area contributed by atoms with E-state index in [0.717, 1.165) is 49.6 Å². The second kappa shape index (κ2) is 11.4. The maximum absolute atomic E-state index is 13.6. The molecule has 1 saturated heterocycles. The number of piperidine rings is 1. The molecule has 1 N–H and O–H groups in total. The van der Waals surface area contributed by atoms with Crippen molar-refractivity contribution in [1.29, 1.82) is 0 Å². The molecule has 0 spiro atoms. The van der Waals surface area contributed by atoms with Crippen molar-refractivity contribution in [2.75, 3.05) is 13.1 Å². The Kier molecular flexibility index (Phi) is 8.43. The molecule has 1 aliphatic carbocycles. The number of hydrogen-bond acceptors (Lipinski definition) is 4. The third-order valence-corrected chi connectivity index (χ3v) is 7.93. The molecule has 4 rings (SSSR count). The number of carbonyl (C=O) groups excluding carboxylic acids is 1. The highest BCUT2D eigenvalue weighted by atomic mass is 19.3. The molecular weight excluding hydrogens is 460 g/mol. The van der Waals surface area contributed by atoms with Crippen molar-refractivity contribution in [2.24, 2.45) is 5.92 Å². The Morgan fingerprint density at radius 3 is 2.33 bits per heavy atom. The lowest BCUT2D eigenvalue weighted by Gasteiger charge is -2.38. The number of aryl methyl sites for hydroxylation is 1. The third-order valence-electron chi connectivity index (χ3n) is 7.93. The molecule has 1 aromatic carbocycles. The van der Waals surface area contributed by atoms with Crippen LogP contribution in [0.5, 0.6) is 0 Å². The van der Waals surface area contributed by atoms with Gasteiger partial charge >= 0.3 is 0 Å². The van der Waals surface area contributed by atoms with Crippen LogP contribution in [-0.4, -0.2) is 50.6 Å². The summed E-state index contributed by atoms with van der Waals surface area (Å²) in [5.74, 6) is -0.814. The van der Waals surface area contributed by atoms with Crippen molar-refractivity contribution in [3.05, 3.63) is 47.5 Å². The molecule has 1 unspecified atom stereocenters. The van der Waals surface area contributed by atoms with Gasteiger partial charge in [-0.1, -0.05) is 44.2 Å². The largest absolute Gasteiger partial charge is 0.349 e. The highest BCUT2D eigenvalue weighted by molar-refractivity contribution is 5.79. The van der Waals surface area contributed by atoms with Crippen LogP contribution in [0.3, 0.4) is 0 Å². The molecule has 0 radical (unpaired) electrons. The van der Waals surface area contributed by atoms with E-state index < -0.39 is 5.92 Å². The molecule has 8 heteroatoms. The van der Waals surface area contributed by atoms with Crippen molar-refractivity contribution in [3.63, 3.8) is 0 Å². The highest BCUT2D eigenvalue weighted by Gasteiger charge is 2.38. The summed E-state index contributed by atoms with van der Waals surface area (Å²) in [6.45, 7) is 10.4. The van der Waals surface area contributed by atoms with Gasteiger partial charge in [-0.25, -0.2) is 18.4 Å². The first-order valence-electron chi connectivity index (χ1n) is 13.5. The number of aromatic nitrogens is 3. The molecule has 36 heavy (non-hydrogen) atoms. The van der Waals surface area contributed by atoms with Crippen LogP contribution in [0, 0.1) is 12.8 Å². The summed E-state index contributed by atoms with van der Waals surface area (Å²) < 4.78 is 29.3. The molecule has 2 fully saturated rings. The number of rotatable bonds is 8. The van der Waals surface area contributed by atoms with Gasteiger partial charge in [0, 0.05) is 43.8 Å². The normalized spacial score (nSPS) is 21.4. The first-order chi connectivity index (χ1) is 17.1. The van der Waals surface area contributed by atoms with Gasteiger partial charge in [0.05, 0.1) is 12.1 Å². The second-order valence-corrected chi connectivity index (χ2v) is 11.1. The Hall–Kier alpha value is -2.35. The van der Waals surface area contributed by atoms with Gasteiger partial charge in [-0.3, -0.25) is 4.79 Å². The molecule has 198 valence electrons. The van der Waals surface area contributed by atoms with E-state index >= 15 is 0 Å². The monoisotopic (exact) mass is 501 g/mol. The molecule has 2 aromatic rings. The van der Waals surface area contributed by atoms with Crippen LogP contribution in [0.1, 0.15) is 101 Å². The number of nitrogens with zero attached hydrogens (tertiary/aromatic N) is 4. The first-order valence-corrected chi connectivity index (χ1v) is 13.5. The molecule has 2 atom stereocenters. The molecule has 1 aliphatic heterocycles. The Morgan fingerprint density at radius 1 is 1.08 bits per heavy atom. The van der Waals surface area contributed by atoms with Crippen LogP contribution in [-0.2, 0) is 4.79 Å². The van der Waals surface area contributed by atoms with E-state index in [1.807, 2.05) is 37.3 Å². The van der Waals surface area contributed by atoms with Gasteiger partial charge in [0.2, 0.25) is 11.8 Å². The van der Waals surface area contributed by atoms with Crippen molar-refractivity contribution in [2.45, 2.75) is 103 Å². The fourth-order valence-corrected chi connectivity index (χ4v) is 5.73. The quantitative estimate of drug-likeness (QED) is 0.496. The maximum Gasteiger partial charge on any atom is 0.248 e. The highest BCUT2D eigenvalue weighted by Crippen LogP contribution is 2.37. The van der Waals surface area contributed by atoms with E-state index in [-0.39, 0.29) is 49.6 Å². The van der Waals surface area contributed by atoms with Gasteiger partial charge in [-0.2, -0.15) is 5.10 Å². The van der Waals surface area contributed by atoms with Crippen LogP contribution in [0.2, 0.25) is 0 Å². The molecule has 0 bridgehead atoms. The smallest absolute Gasteiger partial charge is 0.248 e. The van der Waals surface area contributed by atoms with Crippen molar-refractivity contribution >= 4 is 5.91 Å². The van der Waals surface area contributed by atoms with Gasteiger partial charge in [0.25, 0.3) is 0 Å². The van der Waals surface area contributed by atoms with E-state index in [1.165, 1.54) is 0 Å². The number of hydrogen-bond donors (Lipinski definition) is 1. The van der Waals surface area contributed by atoms with Crippen molar-refractivity contribution < 1.29 is 13.6 Å². The number of halogens is 2. The van der Waals surface area contributed by atoms with Crippen LogP contribution >= 0.6 is 0 Å². The van der Waals surface area contributed by atoms with Gasteiger partial charge in [-0.15, -0.1) is 0 Å².